The molecule has 144 valence electrons. The Hall–Kier alpha value is -2.52. The van der Waals surface area contributed by atoms with Crippen molar-refractivity contribution in [3.8, 4) is 0 Å². The molecule has 2 aromatic rings. The number of amides is 1. The maximum atomic E-state index is 12.5. The van der Waals surface area contributed by atoms with E-state index >= 15 is 0 Å². The van der Waals surface area contributed by atoms with E-state index in [0.717, 1.165) is 24.6 Å². The van der Waals surface area contributed by atoms with E-state index in [0.29, 0.717) is 13.1 Å². The van der Waals surface area contributed by atoms with Crippen LogP contribution in [0.1, 0.15) is 28.9 Å². The zero-order valence-electron chi connectivity index (χ0n) is 14.8. The van der Waals surface area contributed by atoms with Crippen molar-refractivity contribution >= 4 is 15.9 Å². The van der Waals surface area contributed by atoms with Gasteiger partial charge in [-0.15, -0.1) is 0 Å². The van der Waals surface area contributed by atoms with Crippen molar-refractivity contribution in [2.75, 3.05) is 19.6 Å². The molecule has 0 saturated carbocycles. The minimum absolute atomic E-state index is 0.0380. The molecule has 1 aliphatic rings. The molecule has 2 N–H and O–H groups in total. The maximum Gasteiger partial charge on any atom is 0.273 e. The molecule has 1 saturated heterocycles. The Kier molecular flexibility index (Phi) is 6.02. The summed E-state index contributed by atoms with van der Waals surface area (Å²) < 4.78 is 27.2. The third kappa shape index (κ3) is 5.48. The molecular formula is C18H22N4O4S. The predicted molar refractivity (Wildman–Crippen MR) is 101 cm³/mol. The fourth-order valence-electron chi connectivity index (χ4n) is 3.13. The highest BCUT2D eigenvalue weighted by Crippen LogP contribution is 2.18. The third-order valence-electron chi connectivity index (χ3n) is 4.49. The van der Waals surface area contributed by atoms with E-state index in [1.54, 1.807) is 29.2 Å². The molecule has 27 heavy (non-hydrogen) atoms. The van der Waals surface area contributed by atoms with Gasteiger partial charge in [-0.3, -0.25) is 9.59 Å². The lowest BCUT2D eigenvalue weighted by atomic mass is 9.98. The number of carbonyl (C=O) groups excluding carboxylic acids is 1. The van der Waals surface area contributed by atoms with E-state index in [9.17, 15) is 18.0 Å². The van der Waals surface area contributed by atoms with E-state index in [4.69, 9.17) is 0 Å². The maximum absolute atomic E-state index is 12.5. The van der Waals surface area contributed by atoms with E-state index in [1.165, 1.54) is 6.20 Å². The number of likely N-dealkylation sites (tertiary alicyclic amines) is 1. The summed E-state index contributed by atoms with van der Waals surface area (Å²) in [5.74, 6) is -0.288. The summed E-state index contributed by atoms with van der Waals surface area (Å²) in [6.07, 6.45) is 4.01. The molecule has 1 fully saturated rings. The molecule has 1 unspecified atom stereocenters. The number of aromatic amines is 1. The van der Waals surface area contributed by atoms with Crippen LogP contribution in [0, 0.1) is 5.92 Å². The number of aromatic nitrogens is 2. The summed E-state index contributed by atoms with van der Waals surface area (Å²) >= 11 is 0. The summed E-state index contributed by atoms with van der Waals surface area (Å²) in [7, 11) is -3.43. The third-order valence-corrected chi connectivity index (χ3v) is 5.81. The molecule has 1 aliphatic heterocycles. The van der Waals surface area contributed by atoms with Gasteiger partial charge < -0.3 is 9.88 Å². The van der Waals surface area contributed by atoms with Crippen molar-refractivity contribution in [2.24, 2.45) is 5.92 Å². The minimum atomic E-state index is -3.43. The summed E-state index contributed by atoms with van der Waals surface area (Å²) in [5, 5.41) is 0. The van der Waals surface area contributed by atoms with Gasteiger partial charge in [-0.25, -0.2) is 18.1 Å². The predicted octanol–water partition coefficient (Wildman–Crippen LogP) is 0.742. The average Bonchev–Trinajstić information content (AvgIpc) is 2.67. The number of benzene rings is 1. The van der Waals surface area contributed by atoms with Gasteiger partial charge in [0.15, 0.2) is 0 Å². The van der Waals surface area contributed by atoms with E-state index < -0.39 is 10.0 Å². The van der Waals surface area contributed by atoms with Gasteiger partial charge in [-0.2, -0.15) is 0 Å². The van der Waals surface area contributed by atoms with Crippen molar-refractivity contribution in [1.82, 2.24) is 19.6 Å². The van der Waals surface area contributed by atoms with Crippen LogP contribution in [0.25, 0.3) is 0 Å². The number of hydrogen-bond acceptors (Lipinski definition) is 5. The van der Waals surface area contributed by atoms with Crippen LogP contribution in [0.15, 0.2) is 47.5 Å². The lowest BCUT2D eigenvalue weighted by molar-refractivity contribution is 0.0670. The van der Waals surface area contributed by atoms with E-state index in [1.807, 2.05) is 6.07 Å². The number of sulfonamides is 1. The average molecular weight is 390 g/mol. The number of nitrogens with one attached hydrogen (secondary N) is 2. The van der Waals surface area contributed by atoms with Gasteiger partial charge in [0.05, 0.1) is 11.9 Å². The molecule has 2 heterocycles. The van der Waals surface area contributed by atoms with Gasteiger partial charge in [0.2, 0.25) is 10.0 Å². The van der Waals surface area contributed by atoms with Crippen LogP contribution < -0.4 is 10.3 Å². The Morgan fingerprint density at radius 2 is 2.07 bits per heavy atom. The van der Waals surface area contributed by atoms with Gasteiger partial charge in [-0.05, 0) is 24.3 Å². The molecule has 3 rings (SSSR count). The van der Waals surface area contributed by atoms with Crippen LogP contribution in [0.5, 0.6) is 0 Å². The Morgan fingerprint density at radius 3 is 2.78 bits per heavy atom. The van der Waals surface area contributed by atoms with Gasteiger partial charge in [0.1, 0.15) is 5.69 Å². The first-order chi connectivity index (χ1) is 12.9. The summed E-state index contributed by atoms with van der Waals surface area (Å²) in [6, 6.07) is 9.00. The fourth-order valence-corrected chi connectivity index (χ4v) is 4.35. The van der Waals surface area contributed by atoms with Crippen molar-refractivity contribution < 1.29 is 13.2 Å². The molecular weight excluding hydrogens is 368 g/mol. The first-order valence-electron chi connectivity index (χ1n) is 8.78. The van der Waals surface area contributed by atoms with Crippen LogP contribution in [-0.4, -0.2) is 48.8 Å². The first-order valence-corrected chi connectivity index (χ1v) is 10.4. The lowest BCUT2D eigenvalue weighted by Crippen LogP contribution is -2.44. The summed E-state index contributed by atoms with van der Waals surface area (Å²) in [4.78, 5) is 31.5. The number of carbonyl (C=O) groups is 1. The molecule has 1 atom stereocenters. The molecule has 1 amide bonds. The largest absolute Gasteiger partial charge is 0.337 e. The van der Waals surface area contributed by atoms with Crippen molar-refractivity contribution in [2.45, 2.75) is 18.6 Å². The zero-order valence-corrected chi connectivity index (χ0v) is 15.6. The second-order valence-electron chi connectivity index (χ2n) is 6.65. The Balaban J connectivity index is 1.55. The van der Waals surface area contributed by atoms with Crippen LogP contribution in [0.2, 0.25) is 0 Å². The number of nitrogens with zero attached hydrogens (tertiary/aromatic N) is 2. The Labute approximate surface area is 157 Å². The number of piperidine rings is 1. The fraction of sp³-hybridized carbons (Fsp3) is 0.389. The van der Waals surface area contributed by atoms with Crippen LogP contribution in [0.4, 0.5) is 0 Å². The second-order valence-corrected chi connectivity index (χ2v) is 8.46. The Morgan fingerprint density at radius 1 is 1.30 bits per heavy atom. The smallest absolute Gasteiger partial charge is 0.273 e. The number of hydrogen-bond donors (Lipinski definition) is 2. The molecule has 1 aromatic carbocycles. The standard InChI is InChI=1S/C18H22N4O4S/c23-17-11-19-16(10-20-17)18(24)22-8-4-7-15(12-22)9-21-27(25,26)13-14-5-2-1-3-6-14/h1-3,5-6,10-11,15,21H,4,7-9,12-13H2,(H,20,23). The highest BCUT2D eigenvalue weighted by Gasteiger charge is 2.26. The highest BCUT2D eigenvalue weighted by atomic mass is 32.2. The minimum Gasteiger partial charge on any atom is -0.337 e. The summed E-state index contributed by atoms with van der Waals surface area (Å²) in [6.45, 7) is 1.33. The van der Waals surface area contributed by atoms with Gasteiger partial charge >= 0.3 is 0 Å². The van der Waals surface area contributed by atoms with Gasteiger partial charge in [0, 0.05) is 25.8 Å². The molecule has 0 radical (unpaired) electrons. The number of H-pyrrole nitrogens is 1. The zero-order chi connectivity index (χ0) is 19.3. The van der Waals surface area contributed by atoms with Crippen LogP contribution in [-0.2, 0) is 15.8 Å². The Bertz CT molecular complexity index is 923. The number of rotatable bonds is 6. The monoisotopic (exact) mass is 390 g/mol. The van der Waals surface area contributed by atoms with Gasteiger partial charge in [0.25, 0.3) is 11.5 Å². The van der Waals surface area contributed by atoms with E-state index in [2.05, 4.69) is 14.7 Å². The molecule has 9 heteroatoms. The topological polar surface area (TPSA) is 112 Å². The van der Waals surface area contributed by atoms with Crippen molar-refractivity contribution in [1.29, 1.82) is 0 Å². The van der Waals surface area contributed by atoms with Crippen molar-refractivity contribution in [3.63, 3.8) is 0 Å². The molecule has 0 spiro atoms. The van der Waals surface area contributed by atoms with Crippen LogP contribution in [0.3, 0.4) is 0 Å². The molecule has 0 aliphatic carbocycles. The molecule has 1 aromatic heterocycles. The highest BCUT2D eigenvalue weighted by molar-refractivity contribution is 7.88. The van der Waals surface area contributed by atoms with E-state index in [-0.39, 0.29) is 35.4 Å². The summed E-state index contributed by atoms with van der Waals surface area (Å²) in [5.41, 5.74) is 0.547. The second kappa shape index (κ2) is 8.45. The van der Waals surface area contributed by atoms with Crippen LogP contribution >= 0.6 is 0 Å². The van der Waals surface area contributed by atoms with Crippen molar-refractivity contribution in [3.05, 3.63) is 64.3 Å². The van der Waals surface area contributed by atoms with Gasteiger partial charge in [-0.1, -0.05) is 30.3 Å². The SMILES string of the molecule is O=C(c1c[nH]c(=O)cn1)N1CCCC(CNS(=O)(=O)Cc2ccccc2)C1. The molecule has 0 bridgehead atoms. The lowest BCUT2D eigenvalue weighted by Gasteiger charge is -2.32. The normalized spacial score (nSPS) is 17.6. The quantitative estimate of drug-likeness (QED) is 0.756. The molecule has 8 nitrogen and oxygen atoms in total. The first kappa shape index (κ1) is 19.2.